The Labute approximate surface area is 106 Å². The molecule has 1 aliphatic carbocycles. The molecule has 98 valence electrons. The number of hydrogen-bond acceptors (Lipinski definition) is 5. The molecule has 1 saturated carbocycles. The number of nitrogens with one attached hydrogen (secondary N) is 1. The summed E-state index contributed by atoms with van der Waals surface area (Å²) in [6, 6.07) is 0.177. The molecular weight excluding hydrogens is 232 g/mol. The first-order valence-corrected chi connectivity index (χ1v) is 6.12. The zero-order chi connectivity index (χ0) is 13.1. The van der Waals surface area contributed by atoms with Crippen molar-refractivity contribution >= 4 is 11.9 Å². The van der Waals surface area contributed by atoms with E-state index in [0.29, 0.717) is 18.3 Å². The summed E-state index contributed by atoms with van der Waals surface area (Å²) in [5, 5.41) is 13.0. The van der Waals surface area contributed by atoms with Gasteiger partial charge in [-0.15, -0.1) is 0 Å². The van der Waals surface area contributed by atoms with Gasteiger partial charge in [0.15, 0.2) is 0 Å². The number of nitrogens with zero attached hydrogens (tertiary/aromatic N) is 2. The van der Waals surface area contributed by atoms with E-state index in [9.17, 15) is 9.90 Å². The Morgan fingerprint density at radius 1 is 1.44 bits per heavy atom. The SMILES string of the molecule is C[C@@H]1CC[C@@H](Nc2ncc(C(N)=O)cn2)C[C@H]1O. The molecule has 1 amide bonds. The molecule has 1 heterocycles. The summed E-state index contributed by atoms with van der Waals surface area (Å²) in [6.45, 7) is 2.05. The van der Waals surface area contributed by atoms with Crippen LogP contribution in [0, 0.1) is 5.92 Å². The Hall–Kier alpha value is -1.69. The molecule has 1 aromatic rings. The van der Waals surface area contributed by atoms with Gasteiger partial charge in [0.05, 0.1) is 11.7 Å². The molecule has 2 rings (SSSR count). The number of amides is 1. The van der Waals surface area contributed by atoms with Crippen LogP contribution in [-0.2, 0) is 0 Å². The van der Waals surface area contributed by atoms with Crippen molar-refractivity contribution in [1.29, 1.82) is 0 Å². The third-order valence-corrected chi connectivity index (χ3v) is 3.42. The smallest absolute Gasteiger partial charge is 0.251 e. The van der Waals surface area contributed by atoms with Crippen LogP contribution in [0.15, 0.2) is 12.4 Å². The maximum atomic E-state index is 10.9. The van der Waals surface area contributed by atoms with Gasteiger partial charge in [-0.1, -0.05) is 6.92 Å². The minimum atomic E-state index is -0.538. The van der Waals surface area contributed by atoms with Crippen molar-refractivity contribution in [2.45, 2.75) is 38.3 Å². The maximum absolute atomic E-state index is 10.9. The van der Waals surface area contributed by atoms with Gasteiger partial charge in [0.1, 0.15) is 0 Å². The lowest BCUT2D eigenvalue weighted by Crippen LogP contribution is -2.35. The first kappa shape index (κ1) is 12.8. The van der Waals surface area contributed by atoms with Gasteiger partial charge >= 0.3 is 0 Å². The highest BCUT2D eigenvalue weighted by molar-refractivity contribution is 5.92. The molecule has 1 aliphatic rings. The highest BCUT2D eigenvalue weighted by Gasteiger charge is 2.26. The zero-order valence-corrected chi connectivity index (χ0v) is 10.3. The van der Waals surface area contributed by atoms with Crippen LogP contribution in [-0.4, -0.2) is 33.1 Å². The number of primary amides is 1. The van der Waals surface area contributed by atoms with Crippen molar-refractivity contribution in [3.8, 4) is 0 Å². The van der Waals surface area contributed by atoms with E-state index in [4.69, 9.17) is 5.73 Å². The third-order valence-electron chi connectivity index (χ3n) is 3.42. The van der Waals surface area contributed by atoms with Gasteiger partial charge in [0.25, 0.3) is 5.91 Å². The molecule has 0 aromatic carbocycles. The number of carbonyl (C=O) groups is 1. The van der Waals surface area contributed by atoms with E-state index >= 15 is 0 Å². The minimum absolute atomic E-state index is 0.177. The topological polar surface area (TPSA) is 101 Å². The van der Waals surface area contributed by atoms with Gasteiger partial charge in [-0.2, -0.15) is 0 Å². The molecule has 4 N–H and O–H groups in total. The van der Waals surface area contributed by atoms with Gasteiger partial charge in [-0.3, -0.25) is 4.79 Å². The molecule has 18 heavy (non-hydrogen) atoms. The maximum Gasteiger partial charge on any atom is 0.251 e. The summed E-state index contributed by atoms with van der Waals surface area (Å²) in [4.78, 5) is 18.9. The van der Waals surface area contributed by atoms with Crippen LogP contribution in [0.4, 0.5) is 5.95 Å². The van der Waals surface area contributed by atoms with E-state index in [1.807, 2.05) is 0 Å². The normalized spacial score (nSPS) is 27.8. The number of rotatable bonds is 3. The Kier molecular flexibility index (Phi) is 3.76. The average Bonchev–Trinajstić information content (AvgIpc) is 2.34. The molecule has 0 spiro atoms. The number of anilines is 1. The standard InChI is InChI=1S/C12H18N4O2/c1-7-2-3-9(4-10(7)17)16-12-14-5-8(6-15-12)11(13)18/h5-7,9-10,17H,2-4H2,1H3,(H2,13,18)(H,14,15,16)/t7-,9-,10-/m1/s1. The highest BCUT2D eigenvalue weighted by atomic mass is 16.3. The lowest BCUT2D eigenvalue weighted by molar-refractivity contribution is 0.0739. The van der Waals surface area contributed by atoms with Gasteiger partial charge in [-0.25, -0.2) is 9.97 Å². The van der Waals surface area contributed by atoms with Crippen molar-refractivity contribution in [1.82, 2.24) is 9.97 Å². The highest BCUT2D eigenvalue weighted by Crippen LogP contribution is 2.25. The molecule has 0 saturated heterocycles. The Bertz CT molecular complexity index is 421. The van der Waals surface area contributed by atoms with E-state index in [1.54, 1.807) is 0 Å². The van der Waals surface area contributed by atoms with Crippen LogP contribution in [0.5, 0.6) is 0 Å². The molecule has 0 radical (unpaired) electrons. The van der Waals surface area contributed by atoms with Gasteiger partial charge < -0.3 is 16.2 Å². The van der Waals surface area contributed by atoms with Crippen LogP contribution in [0.3, 0.4) is 0 Å². The predicted molar refractivity (Wildman–Crippen MR) is 67.0 cm³/mol. The summed E-state index contributed by atoms with van der Waals surface area (Å²) >= 11 is 0. The first-order chi connectivity index (χ1) is 8.56. The van der Waals surface area contributed by atoms with E-state index in [0.717, 1.165) is 12.8 Å². The lowest BCUT2D eigenvalue weighted by atomic mass is 9.85. The second-order valence-corrected chi connectivity index (χ2v) is 4.86. The number of aromatic nitrogens is 2. The largest absolute Gasteiger partial charge is 0.393 e. The summed E-state index contributed by atoms with van der Waals surface area (Å²) in [5.74, 6) is 0.274. The van der Waals surface area contributed by atoms with Crippen LogP contribution in [0.1, 0.15) is 36.5 Å². The van der Waals surface area contributed by atoms with Gasteiger partial charge in [0, 0.05) is 18.4 Å². The molecule has 1 aromatic heterocycles. The Balaban J connectivity index is 1.95. The summed E-state index contributed by atoms with van der Waals surface area (Å²) in [5.41, 5.74) is 5.40. The number of hydrogen-bond donors (Lipinski definition) is 3. The number of aliphatic hydroxyl groups is 1. The van der Waals surface area contributed by atoms with Crippen LogP contribution in [0.25, 0.3) is 0 Å². The molecule has 0 bridgehead atoms. The minimum Gasteiger partial charge on any atom is -0.393 e. The van der Waals surface area contributed by atoms with E-state index < -0.39 is 5.91 Å². The zero-order valence-electron chi connectivity index (χ0n) is 10.3. The number of carbonyl (C=O) groups excluding carboxylic acids is 1. The lowest BCUT2D eigenvalue weighted by Gasteiger charge is -2.31. The monoisotopic (exact) mass is 250 g/mol. The van der Waals surface area contributed by atoms with Crippen LogP contribution >= 0.6 is 0 Å². The fourth-order valence-electron chi connectivity index (χ4n) is 2.14. The van der Waals surface area contributed by atoms with Crippen molar-refractivity contribution < 1.29 is 9.90 Å². The van der Waals surface area contributed by atoms with Crippen LogP contribution < -0.4 is 11.1 Å². The summed E-state index contributed by atoms with van der Waals surface area (Å²) in [7, 11) is 0. The van der Waals surface area contributed by atoms with Gasteiger partial charge in [-0.05, 0) is 25.2 Å². The van der Waals surface area contributed by atoms with Crippen molar-refractivity contribution in [3.63, 3.8) is 0 Å². The first-order valence-electron chi connectivity index (χ1n) is 6.12. The molecule has 0 aliphatic heterocycles. The van der Waals surface area contributed by atoms with Crippen LogP contribution in [0.2, 0.25) is 0 Å². The average molecular weight is 250 g/mol. The Morgan fingerprint density at radius 2 is 2.11 bits per heavy atom. The number of aliphatic hydroxyl groups excluding tert-OH is 1. The predicted octanol–water partition coefficient (Wildman–Crippen LogP) is 0.537. The molecular formula is C12H18N4O2. The third kappa shape index (κ3) is 2.95. The quantitative estimate of drug-likeness (QED) is 0.726. The van der Waals surface area contributed by atoms with Crippen molar-refractivity contribution in [2.75, 3.05) is 5.32 Å². The molecule has 3 atom stereocenters. The van der Waals surface area contributed by atoms with Crippen molar-refractivity contribution in [2.24, 2.45) is 11.7 Å². The van der Waals surface area contributed by atoms with E-state index in [-0.39, 0.29) is 17.7 Å². The fraction of sp³-hybridized carbons (Fsp3) is 0.583. The molecule has 0 unspecified atom stereocenters. The molecule has 6 nitrogen and oxygen atoms in total. The fourth-order valence-corrected chi connectivity index (χ4v) is 2.14. The summed E-state index contributed by atoms with van der Waals surface area (Å²) < 4.78 is 0. The summed E-state index contributed by atoms with van der Waals surface area (Å²) in [6.07, 6.45) is 5.19. The molecule has 1 fully saturated rings. The second-order valence-electron chi connectivity index (χ2n) is 4.86. The number of nitrogens with two attached hydrogens (primary N) is 1. The Morgan fingerprint density at radius 3 is 2.67 bits per heavy atom. The van der Waals surface area contributed by atoms with Gasteiger partial charge in [0.2, 0.25) is 5.95 Å². The second kappa shape index (κ2) is 5.30. The van der Waals surface area contributed by atoms with E-state index in [1.165, 1.54) is 12.4 Å². The van der Waals surface area contributed by atoms with Crippen molar-refractivity contribution in [3.05, 3.63) is 18.0 Å². The van der Waals surface area contributed by atoms with E-state index in [2.05, 4.69) is 22.2 Å². The molecule has 6 heteroatoms.